The molecule has 1 unspecified atom stereocenters. The lowest BCUT2D eigenvalue weighted by Gasteiger charge is -2.35. The summed E-state index contributed by atoms with van der Waals surface area (Å²) in [5, 5.41) is 4.05. The third-order valence-electron chi connectivity index (χ3n) is 5.61. The number of rotatable bonds is 4. The molecule has 0 radical (unpaired) electrons. The average Bonchev–Trinajstić information content (AvgIpc) is 3.34. The van der Waals surface area contributed by atoms with Gasteiger partial charge in [0.05, 0.1) is 36.0 Å². The second-order valence-electron chi connectivity index (χ2n) is 7.35. The molecular formula is C18H26ClN5O2. The van der Waals surface area contributed by atoms with E-state index in [1.54, 1.807) is 12.4 Å². The van der Waals surface area contributed by atoms with E-state index in [-0.39, 0.29) is 18.1 Å². The fraction of sp³-hybridized carbons (Fsp3) is 0.722. The number of ether oxygens (including phenoxy) is 1. The molecule has 3 atom stereocenters. The first kappa shape index (κ1) is 17.9. The molecule has 26 heavy (non-hydrogen) atoms. The number of hydrogen-bond acceptors (Lipinski definition) is 6. The molecule has 4 rings (SSSR count). The SMILES string of the molecule is O=C(C[C@@H]1CC[C@@H](C2CCCN2)O1)N1CCN(c2ncc(Cl)cn2)CC1. The third-order valence-corrected chi connectivity index (χ3v) is 5.81. The summed E-state index contributed by atoms with van der Waals surface area (Å²) < 4.78 is 6.16. The van der Waals surface area contributed by atoms with Crippen LogP contribution in [0.5, 0.6) is 0 Å². The minimum absolute atomic E-state index is 0.0764. The maximum atomic E-state index is 12.6. The van der Waals surface area contributed by atoms with Crippen molar-refractivity contribution in [1.29, 1.82) is 0 Å². The van der Waals surface area contributed by atoms with Gasteiger partial charge in [-0.3, -0.25) is 4.79 Å². The Bertz CT molecular complexity index is 615. The number of anilines is 1. The van der Waals surface area contributed by atoms with Gasteiger partial charge in [0.25, 0.3) is 0 Å². The number of hydrogen-bond donors (Lipinski definition) is 1. The van der Waals surface area contributed by atoms with Crippen molar-refractivity contribution in [3.63, 3.8) is 0 Å². The fourth-order valence-corrected chi connectivity index (χ4v) is 4.25. The van der Waals surface area contributed by atoms with Gasteiger partial charge in [0.2, 0.25) is 11.9 Å². The Morgan fingerprint density at radius 2 is 1.96 bits per heavy atom. The lowest BCUT2D eigenvalue weighted by molar-refractivity contribution is -0.134. The second-order valence-corrected chi connectivity index (χ2v) is 7.79. The molecule has 0 aromatic carbocycles. The molecule has 3 fully saturated rings. The number of nitrogens with zero attached hydrogens (tertiary/aromatic N) is 4. The highest BCUT2D eigenvalue weighted by Gasteiger charge is 2.35. The Labute approximate surface area is 159 Å². The number of halogens is 1. The van der Waals surface area contributed by atoms with Crippen molar-refractivity contribution in [2.24, 2.45) is 0 Å². The molecule has 1 amide bonds. The van der Waals surface area contributed by atoms with Gasteiger partial charge < -0.3 is 19.9 Å². The summed E-state index contributed by atoms with van der Waals surface area (Å²) in [7, 11) is 0. The molecule has 4 heterocycles. The van der Waals surface area contributed by atoms with Gasteiger partial charge in [0.15, 0.2) is 0 Å². The van der Waals surface area contributed by atoms with Gasteiger partial charge in [-0.15, -0.1) is 0 Å². The zero-order valence-corrected chi connectivity index (χ0v) is 15.7. The van der Waals surface area contributed by atoms with Gasteiger partial charge in [-0.05, 0) is 32.2 Å². The van der Waals surface area contributed by atoms with E-state index in [0.29, 0.717) is 36.5 Å². The predicted molar refractivity (Wildman–Crippen MR) is 99.4 cm³/mol. The van der Waals surface area contributed by atoms with Crippen molar-refractivity contribution >= 4 is 23.5 Å². The van der Waals surface area contributed by atoms with Crippen molar-refractivity contribution in [3.8, 4) is 0 Å². The molecular weight excluding hydrogens is 354 g/mol. The van der Waals surface area contributed by atoms with E-state index >= 15 is 0 Å². The molecule has 142 valence electrons. The normalized spacial score (nSPS) is 29.3. The molecule has 0 bridgehead atoms. The van der Waals surface area contributed by atoms with Crippen LogP contribution in [0.2, 0.25) is 5.02 Å². The predicted octanol–water partition coefficient (Wildman–Crippen LogP) is 1.47. The second kappa shape index (κ2) is 8.06. The number of aromatic nitrogens is 2. The van der Waals surface area contributed by atoms with E-state index in [9.17, 15) is 4.79 Å². The monoisotopic (exact) mass is 379 g/mol. The van der Waals surface area contributed by atoms with Crippen molar-refractivity contribution < 1.29 is 9.53 Å². The number of carbonyl (C=O) groups excluding carboxylic acids is 1. The highest BCUT2D eigenvalue weighted by atomic mass is 35.5. The van der Waals surface area contributed by atoms with Gasteiger partial charge >= 0.3 is 0 Å². The molecule has 0 aliphatic carbocycles. The quantitative estimate of drug-likeness (QED) is 0.854. The largest absolute Gasteiger partial charge is 0.373 e. The van der Waals surface area contributed by atoms with E-state index in [0.717, 1.165) is 32.5 Å². The van der Waals surface area contributed by atoms with E-state index in [1.165, 1.54) is 12.8 Å². The van der Waals surface area contributed by atoms with Crippen LogP contribution < -0.4 is 10.2 Å². The Morgan fingerprint density at radius 3 is 2.65 bits per heavy atom. The average molecular weight is 380 g/mol. The third kappa shape index (κ3) is 4.10. The Morgan fingerprint density at radius 1 is 1.19 bits per heavy atom. The summed E-state index contributed by atoms with van der Waals surface area (Å²) in [4.78, 5) is 25.2. The molecule has 1 N–H and O–H groups in total. The van der Waals surface area contributed by atoms with Gasteiger partial charge in [-0.2, -0.15) is 0 Å². The lowest BCUT2D eigenvalue weighted by Crippen LogP contribution is -2.49. The summed E-state index contributed by atoms with van der Waals surface area (Å²) in [5.74, 6) is 0.874. The molecule has 3 aliphatic rings. The zero-order valence-electron chi connectivity index (χ0n) is 14.9. The Hall–Kier alpha value is -1.44. The van der Waals surface area contributed by atoms with Crippen LogP contribution in [0.15, 0.2) is 12.4 Å². The maximum absolute atomic E-state index is 12.6. The fourth-order valence-electron chi connectivity index (χ4n) is 4.16. The van der Waals surface area contributed by atoms with Crippen LogP contribution in [0, 0.1) is 0 Å². The maximum Gasteiger partial charge on any atom is 0.225 e. The molecule has 1 aromatic heterocycles. The molecule has 0 spiro atoms. The number of amides is 1. The molecule has 3 saturated heterocycles. The first-order chi connectivity index (χ1) is 12.7. The van der Waals surface area contributed by atoms with E-state index in [1.807, 2.05) is 4.90 Å². The minimum atomic E-state index is 0.0764. The molecule has 0 saturated carbocycles. The van der Waals surface area contributed by atoms with Crippen LogP contribution in [0.4, 0.5) is 5.95 Å². The molecule has 7 nitrogen and oxygen atoms in total. The summed E-state index contributed by atoms with van der Waals surface area (Å²) in [6.07, 6.45) is 8.56. The van der Waals surface area contributed by atoms with E-state index < -0.39 is 0 Å². The van der Waals surface area contributed by atoms with E-state index in [2.05, 4.69) is 20.2 Å². The smallest absolute Gasteiger partial charge is 0.225 e. The number of carbonyl (C=O) groups is 1. The summed E-state index contributed by atoms with van der Waals surface area (Å²) >= 11 is 5.84. The highest BCUT2D eigenvalue weighted by Crippen LogP contribution is 2.28. The molecule has 8 heteroatoms. The van der Waals surface area contributed by atoms with Crippen molar-refractivity contribution in [2.75, 3.05) is 37.6 Å². The van der Waals surface area contributed by atoms with Crippen LogP contribution in [0.3, 0.4) is 0 Å². The molecule has 3 aliphatic heterocycles. The van der Waals surface area contributed by atoms with Gasteiger partial charge in [0.1, 0.15) is 0 Å². The Kier molecular flexibility index (Phi) is 5.57. The number of nitrogens with one attached hydrogen (secondary N) is 1. The van der Waals surface area contributed by atoms with Gasteiger partial charge in [-0.1, -0.05) is 11.6 Å². The standard InChI is InChI=1S/C18H26ClN5O2/c19-13-11-21-18(22-12-13)24-8-6-23(7-9-24)17(25)10-14-3-4-16(26-14)15-2-1-5-20-15/h11-12,14-16,20H,1-10H2/t14-,15?,16-/m0/s1. The summed E-state index contributed by atoms with van der Waals surface area (Å²) in [6, 6.07) is 0.484. The van der Waals surface area contributed by atoms with Crippen LogP contribution in [-0.2, 0) is 9.53 Å². The van der Waals surface area contributed by atoms with Gasteiger partial charge in [0, 0.05) is 32.2 Å². The van der Waals surface area contributed by atoms with Crippen LogP contribution in [0.1, 0.15) is 32.1 Å². The number of piperazine rings is 1. The van der Waals surface area contributed by atoms with Crippen LogP contribution in [0.25, 0.3) is 0 Å². The first-order valence-corrected chi connectivity index (χ1v) is 9.96. The highest BCUT2D eigenvalue weighted by molar-refractivity contribution is 6.30. The minimum Gasteiger partial charge on any atom is -0.373 e. The van der Waals surface area contributed by atoms with Crippen molar-refractivity contribution in [1.82, 2.24) is 20.2 Å². The van der Waals surface area contributed by atoms with E-state index in [4.69, 9.17) is 16.3 Å². The first-order valence-electron chi connectivity index (χ1n) is 9.58. The van der Waals surface area contributed by atoms with Crippen LogP contribution in [-0.4, -0.2) is 71.7 Å². The van der Waals surface area contributed by atoms with Gasteiger partial charge in [-0.25, -0.2) is 9.97 Å². The lowest BCUT2D eigenvalue weighted by atomic mass is 10.1. The Balaban J connectivity index is 1.23. The van der Waals surface area contributed by atoms with Crippen molar-refractivity contribution in [2.45, 2.75) is 50.4 Å². The topological polar surface area (TPSA) is 70.6 Å². The zero-order chi connectivity index (χ0) is 17.9. The summed E-state index contributed by atoms with van der Waals surface area (Å²) in [5.41, 5.74) is 0. The summed E-state index contributed by atoms with van der Waals surface area (Å²) in [6.45, 7) is 3.98. The van der Waals surface area contributed by atoms with Crippen LogP contribution >= 0.6 is 11.6 Å². The van der Waals surface area contributed by atoms with Crippen molar-refractivity contribution in [3.05, 3.63) is 17.4 Å². The molecule has 1 aromatic rings.